The van der Waals surface area contributed by atoms with E-state index < -0.39 is 0 Å². The SMILES string of the molecule is CCc1ccc(-c2cc3c(c4c2=CC=CC4=O)C=c2ccccc2=3)cc1. The van der Waals surface area contributed by atoms with E-state index in [2.05, 4.69) is 67.6 Å². The summed E-state index contributed by atoms with van der Waals surface area (Å²) < 4.78 is 0. The van der Waals surface area contributed by atoms with E-state index in [1.807, 2.05) is 12.1 Å². The highest BCUT2D eigenvalue weighted by molar-refractivity contribution is 6.10. The van der Waals surface area contributed by atoms with Crippen LogP contribution >= 0.6 is 0 Å². The summed E-state index contributed by atoms with van der Waals surface area (Å²) in [7, 11) is 0. The number of benzene rings is 3. The Morgan fingerprint density at radius 1 is 0.923 bits per heavy atom. The predicted octanol–water partition coefficient (Wildman–Crippen LogP) is 3.88. The minimum absolute atomic E-state index is 0.0924. The van der Waals surface area contributed by atoms with E-state index in [0.29, 0.717) is 0 Å². The minimum atomic E-state index is 0.0924. The second-order valence-corrected chi connectivity index (χ2v) is 6.85. The van der Waals surface area contributed by atoms with Crippen molar-refractivity contribution < 1.29 is 4.79 Å². The normalized spacial score (nSPS) is 13.5. The van der Waals surface area contributed by atoms with Crippen LogP contribution in [0.2, 0.25) is 0 Å². The third kappa shape index (κ3) is 2.14. The number of hydrogen-bond acceptors (Lipinski definition) is 1. The summed E-state index contributed by atoms with van der Waals surface area (Å²) in [6.45, 7) is 2.16. The van der Waals surface area contributed by atoms with Gasteiger partial charge in [-0.1, -0.05) is 67.6 Å². The van der Waals surface area contributed by atoms with Gasteiger partial charge in [0.2, 0.25) is 0 Å². The van der Waals surface area contributed by atoms with Gasteiger partial charge in [0, 0.05) is 5.56 Å². The number of allylic oxidation sites excluding steroid dienone is 2. The Morgan fingerprint density at radius 2 is 1.73 bits per heavy atom. The molecule has 3 aromatic rings. The Morgan fingerprint density at radius 3 is 2.54 bits per heavy atom. The molecule has 3 aromatic carbocycles. The molecule has 0 atom stereocenters. The smallest absolute Gasteiger partial charge is 0.187 e. The van der Waals surface area contributed by atoms with Crippen LogP contribution in [-0.4, -0.2) is 5.78 Å². The third-order valence-electron chi connectivity index (χ3n) is 5.39. The summed E-state index contributed by atoms with van der Waals surface area (Å²) in [5.74, 6) is 0.0924. The molecule has 0 saturated heterocycles. The molecule has 0 amide bonds. The van der Waals surface area contributed by atoms with Crippen molar-refractivity contribution in [3.05, 3.63) is 104 Å². The molecule has 0 bridgehead atoms. The summed E-state index contributed by atoms with van der Waals surface area (Å²) in [6, 6.07) is 19.3. The number of hydrogen-bond donors (Lipinski definition) is 0. The van der Waals surface area contributed by atoms with Gasteiger partial charge in [0.05, 0.1) is 0 Å². The Kier molecular flexibility index (Phi) is 3.29. The summed E-state index contributed by atoms with van der Waals surface area (Å²) >= 11 is 0. The van der Waals surface area contributed by atoms with E-state index in [1.165, 1.54) is 16.0 Å². The largest absolute Gasteiger partial charge is 0.289 e. The highest BCUT2D eigenvalue weighted by Crippen LogP contribution is 2.24. The van der Waals surface area contributed by atoms with E-state index in [0.717, 1.165) is 39.1 Å². The first kappa shape index (κ1) is 15.1. The Labute approximate surface area is 151 Å². The lowest BCUT2D eigenvalue weighted by molar-refractivity contribution is 0.104. The average Bonchev–Trinajstić information content (AvgIpc) is 3.06. The van der Waals surface area contributed by atoms with Crippen LogP contribution in [0.3, 0.4) is 0 Å². The molecule has 0 saturated carbocycles. The fourth-order valence-electron chi connectivity index (χ4n) is 4.02. The number of fused-ring (bicyclic) bond motifs is 4. The van der Waals surface area contributed by atoms with Gasteiger partial charge in [0.1, 0.15) is 0 Å². The highest BCUT2D eigenvalue weighted by atomic mass is 16.1. The van der Waals surface area contributed by atoms with Crippen molar-refractivity contribution in [1.29, 1.82) is 0 Å². The van der Waals surface area contributed by atoms with Crippen LogP contribution in [0.4, 0.5) is 0 Å². The van der Waals surface area contributed by atoms with Gasteiger partial charge in [-0.2, -0.15) is 0 Å². The molecule has 124 valence electrons. The maximum absolute atomic E-state index is 12.8. The topological polar surface area (TPSA) is 17.1 Å². The van der Waals surface area contributed by atoms with Gasteiger partial charge >= 0.3 is 0 Å². The van der Waals surface area contributed by atoms with Crippen LogP contribution in [0.1, 0.15) is 28.4 Å². The van der Waals surface area contributed by atoms with Crippen molar-refractivity contribution in [2.24, 2.45) is 0 Å². The van der Waals surface area contributed by atoms with E-state index in [4.69, 9.17) is 0 Å². The average molecular weight is 334 g/mol. The van der Waals surface area contributed by atoms with Crippen molar-refractivity contribution in [3.63, 3.8) is 0 Å². The molecule has 0 fully saturated rings. The number of carbonyl (C=O) groups is 1. The monoisotopic (exact) mass is 334 g/mol. The van der Waals surface area contributed by atoms with Gasteiger partial charge in [-0.3, -0.25) is 4.79 Å². The molecule has 0 aromatic heterocycles. The fourth-order valence-corrected chi connectivity index (χ4v) is 4.02. The molecule has 1 nitrogen and oxygen atoms in total. The van der Waals surface area contributed by atoms with Gasteiger partial charge in [0.25, 0.3) is 0 Å². The lowest BCUT2D eigenvalue weighted by Gasteiger charge is -2.13. The molecule has 26 heavy (non-hydrogen) atoms. The van der Waals surface area contributed by atoms with Crippen LogP contribution < -0.4 is 10.4 Å². The maximum atomic E-state index is 12.8. The Balaban J connectivity index is 1.93. The quantitative estimate of drug-likeness (QED) is 0.544. The number of ketones is 1. The van der Waals surface area contributed by atoms with E-state index in [9.17, 15) is 4.79 Å². The molecule has 0 aliphatic heterocycles. The summed E-state index contributed by atoms with van der Waals surface area (Å²) in [5, 5.41) is 4.58. The fraction of sp³-hybridized carbons (Fsp3) is 0.0800. The van der Waals surface area contributed by atoms with Crippen LogP contribution in [-0.2, 0) is 6.42 Å². The van der Waals surface area contributed by atoms with Gasteiger partial charge < -0.3 is 0 Å². The van der Waals surface area contributed by atoms with E-state index >= 15 is 0 Å². The van der Waals surface area contributed by atoms with Crippen LogP contribution in [0.15, 0.2) is 66.7 Å². The highest BCUT2D eigenvalue weighted by Gasteiger charge is 2.19. The van der Waals surface area contributed by atoms with Crippen molar-refractivity contribution in [2.45, 2.75) is 13.3 Å². The molecule has 0 radical (unpaired) electrons. The van der Waals surface area contributed by atoms with Crippen molar-refractivity contribution in [2.75, 3.05) is 0 Å². The van der Waals surface area contributed by atoms with Gasteiger partial charge in [-0.25, -0.2) is 0 Å². The second kappa shape index (κ2) is 5.67. The van der Waals surface area contributed by atoms with Crippen LogP contribution in [0.25, 0.3) is 23.3 Å². The van der Waals surface area contributed by atoms with Crippen LogP contribution in [0.5, 0.6) is 0 Å². The second-order valence-electron chi connectivity index (χ2n) is 6.85. The molecular formula is C25H18O. The molecule has 5 rings (SSSR count). The predicted molar refractivity (Wildman–Crippen MR) is 106 cm³/mol. The molecule has 0 spiro atoms. The Hall–Kier alpha value is -3.19. The van der Waals surface area contributed by atoms with E-state index in [1.54, 1.807) is 6.08 Å². The zero-order valence-corrected chi connectivity index (χ0v) is 14.6. The summed E-state index contributed by atoms with van der Waals surface area (Å²) in [5.41, 5.74) is 5.49. The molecule has 2 aliphatic rings. The summed E-state index contributed by atoms with van der Waals surface area (Å²) in [4.78, 5) is 12.8. The van der Waals surface area contributed by atoms with Gasteiger partial charge in [0.15, 0.2) is 5.78 Å². The summed E-state index contributed by atoms with van der Waals surface area (Å²) in [6.07, 6.45) is 8.78. The molecule has 2 aliphatic carbocycles. The van der Waals surface area contributed by atoms with E-state index in [-0.39, 0.29) is 5.78 Å². The molecule has 0 N–H and O–H groups in total. The zero-order chi connectivity index (χ0) is 17.7. The number of carbonyl (C=O) groups excluding carboxylic acids is 1. The first-order valence-corrected chi connectivity index (χ1v) is 9.06. The lowest BCUT2D eigenvalue weighted by Crippen LogP contribution is -2.21. The molecular weight excluding hydrogens is 316 g/mol. The van der Waals surface area contributed by atoms with Crippen molar-refractivity contribution in [1.82, 2.24) is 0 Å². The third-order valence-corrected chi connectivity index (χ3v) is 5.39. The standard InChI is InChI=1S/C25H18O/c1-2-16-10-12-17(13-11-16)21-15-22-19-7-4-3-6-18(19)14-23(22)25-20(21)8-5-9-24(25)26/h3-15H,2H2,1H3. The minimum Gasteiger partial charge on any atom is -0.289 e. The number of rotatable bonds is 2. The zero-order valence-electron chi connectivity index (χ0n) is 14.6. The molecule has 1 heteroatoms. The maximum Gasteiger partial charge on any atom is 0.187 e. The van der Waals surface area contributed by atoms with Crippen molar-refractivity contribution in [3.8, 4) is 11.1 Å². The first-order chi connectivity index (χ1) is 12.8. The first-order valence-electron chi connectivity index (χ1n) is 9.06. The number of aryl methyl sites for hydroxylation is 1. The Bertz CT molecular complexity index is 1310. The lowest BCUT2D eigenvalue weighted by atomic mass is 9.89. The molecule has 0 heterocycles. The van der Waals surface area contributed by atoms with Gasteiger partial charge in [-0.15, -0.1) is 0 Å². The van der Waals surface area contributed by atoms with Gasteiger partial charge in [-0.05, 0) is 67.8 Å². The van der Waals surface area contributed by atoms with Crippen LogP contribution in [0, 0.1) is 10.4 Å². The van der Waals surface area contributed by atoms with Crippen molar-refractivity contribution >= 4 is 17.9 Å². The molecule has 0 unspecified atom stereocenters.